The van der Waals surface area contributed by atoms with Crippen LogP contribution < -0.4 is 0 Å². The molecule has 3 aromatic rings. The van der Waals surface area contributed by atoms with E-state index in [4.69, 9.17) is 5.11 Å². The van der Waals surface area contributed by atoms with E-state index in [-0.39, 0.29) is 17.9 Å². The van der Waals surface area contributed by atoms with Gasteiger partial charge in [0.25, 0.3) is 0 Å². The van der Waals surface area contributed by atoms with Gasteiger partial charge in [-0.1, -0.05) is 12.1 Å². The lowest BCUT2D eigenvalue weighted by Gasteiger charge is -2.06. The molecular weight excluding hydrogens is 278 g/mol. The van der Waals surface area contributed by atoms with Crippen LogP contribution in [0.15, 0.2) is 42.5 Å². The average Bonchev–Trinajstić information content (AvgIpc) is 2.76. The summed E-state index contributed by atoms with van der Waals surface area (Å²) in [5, 5.41) is 9.03. The second-order valence-electron chi connectivity index (χ2n) is 4.56. The number of benzene rings is 2. The summed E-state index contributed by atoms with van der Waals surface area (Å²) < 4.78 is 28.2. The molecule has 0 amide bonds. The third-order valence-corrected chi connectivity index (χ3v) is 3.07. The lowest BCUT2D eigenvalue weighted by atomic mass is 10.2. The van der Waals surface area contributed by atoms with Crippen molar-refractivity contribution in [3.63, 3.8) is 0 Å². The van der Waals surface area contributed by atoms with Gasteiger partial charge in [-0.05, 0) is 24.3 Å². The number of hydrogen-bond acceptors (Lipinski definition) is 2. The first kappa shape index (κ1) is 13.2. The fourth-order valence-electron chi connectivity index (χ4n) is 2.27. The summed E-state index contributed by atoms with van der Waals surface area (Å²) in [6, 6.07) is 9.95. The van der Waals surface area contributed by atoms with E-state index in [0.717, 1.165) is 18.2 Å². The predicted molar refractivity (Wildman–Crippen MR) is 72.7 cm³/mol. The van der Waals surface area contributed by atoms with Crippen molar-refractivity contribution in [1.29, 1.82) is 0 Å². The zero-order valence-electron chi connectivity index (χ0n) is 10.8. The minimum Gasteiger partial charge on any atom is -0.480 e. The standard InChI is InChI=1S/C15H10F2N2O2/c16-10-5-9(6-11(17)7-10)15-18-12-3-1-2-4-13(12)19(15)8-14(20)21/h1-7H,8H2,(H,20,21). The van der Waals surface area contributed by atoms with E-state index in [1.807, 2.05) is 0 Å². The SMILES string of the molecule is O=C(O)Cn1c(-c2cc(F)cc(F)c2)nc2ccccc21. The fraction of sp³-hybridized carbons (Fsp3) is 0.0667. The van der Waals surface area contributed by atoms with Crippen molar-refractivity contribution in [3.05, 3.63) is 54.1 Å². The van der Waals surface area contributed by atoms with Crippen LogP contribution in [-0.4, -0.2) is 20.6 Å². The summed E-state index contributed by atoms with van der Waals surface area (Å²) in [4.78, 5) is 15.3. The van der Waals surface area contributed by atoms with Crippen LogP contribution in [0.3, 0.4) is 0 Å². The number of carboxylic acids is 1. The smallest absolute Gasteiger partial charge is 0.323 e. The molecule has 0 aliphatic rings. The molecule has 0 radical (unpaired) electrons. The molecule has 3 rings (SSSR count). The van der Waals surface area contributed by atoms with Gasteiger partial charge in [0.2, 0.25) is 0 Å². The highest BCUT2D eigenvalue weighted by Gasteiger charge is 2.15. The Bertz CT molecular complexity index is 823. The Balaban J connectivity index is 2.27. The van der Waals surface area contributed by atoms with Crippen molar-refractivity contribution in [2.24, 2.45) is 0 Å². The van der Waals surface area contributed by atoms with E-state index < -0.39 is 17.6 Å². The van der Waals surface area contributed by atoms with Crippen LogP contribution in [0.1, 0.15) is 0 Å². The van der Waals surface area contributed by atoms with E-state index in [0.29, 0.717) is 11.0 Å². The van der Waals surface area contributed by atoms with Gasteiger partial charge in [-0.25, -0.2) is 13.8 Å². The minimum atomic E-state index is -1.06. The highest BCUT2D eigenvalue weighted by atomic mass is 19.1. The summed E-state index contributed by atoms with van der Waals surface area (Å²) >= 11 is 0. The average molecular weight is 288 g/mol. The minimum absolute atomic E-state index is 0.199. The summed E-state index contributed by atoms with van der Waals surface area (Å²) in [7, 11) is 0. The summed E-state index contributed by atoms with van der Waals surface area (Å²) in [5.74, 6) is -2.31. The molecule has 1 aromatic heterocycles. The van der Waals surface area contributed by atoms with Crippen LogP contribution in [0.25, 0.3) is 22.4 Å². The van der Waals surface area contributed by atoms with Gasteiger partial charge in [0.15, 0.2) is 0 Å². The van der Waals surface area contributed by atoms with Crippen LogP contribution in [0, 0.1) is 11.6 Å². The number of hydrogen-bond donors (Lipinski definition) is 1. The molecule has 0 unspecified atom stereocenters. The maximum absolute atomic E-state index is 13.4. The van der Waals surface area contributed by atoms with Crippen LogP contribution in [-0.2, 0) is 11.3 Å². The summed E-state index contributed by atoms with van der Waals surface area (Å²) in [5.41, 5.74) is 1.36. The van der Waals surface area contributed by atoms with Gasteiger partial charge in [0, 0.05) is 11.6 Å². The number of fused-ring (bicyclic) bond motifs is 1. The van der Waals surface area contributed by atoms with Crippen LogP contribution in [0.4, 0.5) is 8.78 Å². The largest absolute Gasteiger partial charge is 0.480 e. The fourth-order valence-corrected chi connectivity index (χ4v) is 2.27. The van der Waals surface area contributed by atoms with Crippen molar-refractivity contribution in [2.45, 2.75) is 6.54 Å². The van der Waals surface area contributed by atoms with E-state index in [2.05, 4.69) is 4.98 Å². The lowest BCUT2D eigenvalue weighted by Crippen LogP contribution is -2.10. The molecule has 0 fully saturated rings. The number of carboxylic acid groups (broad SMARTS) is 1. The Kier molecular flexibility index (Phi) is 3.13. The molecule has 106 valence electrons. The van der Waals surface area contributed by atoms with Gasteiger partial charge >= 0.3 is 5.97 Å². The number of rotatable bonds is 3. The highest BCUT2D eigenvalue weighted by molar-refractivity contribution is 5.82. The van der Waals surface area contributed by atoms with Crippen molar-refractivity contribution < 1.29 is 18.7 Å². The normalized spacial score (nSPS) is 11.0. The van der Waals surface area contributed by atoms with Crippen LogP contribution in [0.5, 0.6) is 0 Å². The molecule has 4 nitrogen and oxygen atoms in total. The maximum atomic E-state index is 13.4. The van der Waals surface area contributed by atoms with E-state index in [1.165, 1.54) is 4.57 Å². The van der Waals surface area contributed by atoms with Crippen molar-refractivity contribution >= 4 is 17.0 Å². The number of aliphatic carboxylic acids is 1. The molecule has 1 heterocycles. The number of imidazole rings is 1. The van der Waals surface area contributed by atoms with E-state index >= 15 is 0 Å². The number of aromatic nitrogens is 2. The number of halogens is 2. The zero-order chi connectivity index (χ0) is 15.0. The van der Waals surface area contributed by atoms with Crippen molar-refractivity contribution in [2.75, 3.05) is 0 Å². The van der Waals surface area contributed by atoms with E-state index in [9.17, 15) is 13.6 Å². The zero-order valence-corrected chi connectivity index (χ0v) is 10.8. The molecule has 0 aliphatic carbocycles. The highest BCUT2D eigenvalue weighted by Crippen LogP contribution is 2.26. The van der Waals surface area contributed by atoms with Crippen molar-refractivity contribution in [1.82, 2.24) is 9.55 Å². The van der Waals surface area contributed by atoms with E-state index in [1.54, 1.807) is 24.3 Å². The van der Waals surface area contributed by atoms with Gasteiger partial charge in [-0.15, -0.1) is 0 Å². The Morgan fingerprint density at radius 3 is 2.48 bits per heavy atom. The Morgan fingerprint density at radius 2 is 1.81 bits per heavy atom. The predicted octanol–water partition coefficient (Wildman–Crippen LogP) is 3.07. The van der Waals surface area contributed by atoms with Gasteiger partial charge in [0.05, 0.1) is 11.0 Å². The first-order valence-corrected chi connectivity index (χ1v) is 6.18. The molecule has 6 heteroatoms. The molecule has 0 saturated carbocycles. The number of para-hydroxylation sites is 2. The van der Waals surface area contributed by atoms with Crippen molar-refractivity contribution in [3.8, 4) is 11.4 Å². The molecular formula is C15H10F2N2O2. The Hall–Kier alpha value is -2.76. The molecule has 21 heavy (non-hydrogen) atoms. The topological polar surface area (TPSA) is 55.1 Å². The van der Waals surface area contributed by atoms with Gasteiger partial charge in [-0.2, -0.15) is 0 Å². The molecule has 1 N–H and O–H groups in total. The molecule has 0 aliphatic heterocycles. The van der Waals surface area contributed by atoms with Crippen LogP contribution >= 0.6 is 0 Å². The Morgan fingerprint density at radius 1 is 1.14 bits per heavy atom. The second-order valence-corrected chi connectivity index (χ2v) is 4.56. The Labute approximate surface area is 118 Å². The molecule has 0 atom stereocenters. The lowest BCUT2D eigenvalue weighted by molar-refractivity contribution is -0.137. The molecule has 0 bridgehead atoms. The van der Waals surface area contributed by atoms with Gasteiger partial charge in [0.1, 0.15) is 24.0 Å². The maximum Gasteiger partial charge on any atom is 0.323 e. The molecule has 0 saturated heterocycles. The number of carbonyl (C=O) groups is 1. The summed E-state index contributed by atoms with van der Waals surface area (Å²) in [6.07, 6.45) is 0. The quantitative estimate of drug-likeness (QED) is 0.806. The summed E-state index contributed by atoms with van der Waals surface area (Å²) in [6.45, 7) is -0.339. The van der Waals surface area contributed by atoms with Gasteiger partial charge < -0.3 is 9.67 Å². The third kappa shape index (κ3) is 2.47. The number of nitrogens with zero attached hydrogens (tertiary/aromatic N) is 2. The van der Waals surface area contributed by atoms with Gasteiger partial charge in [-0.3, -0.25) is 4.79 Å². The third-order valence-electron chi connectivity index (χ3n) is 3.07. The first-order chi connectivity index (χ1) is 10.0. The molecule has 2 aromatic carbocycles. The monoisotopic (exact) mass is 288 g/mol. The second kappa shape index (κ2) is 4.97. The first-order valence-electron chi connectivity index (χ1n) is 6.18. The molecule has 0 spiro atoms. The van der Waals surface area contributed by atoms with Crippen LogP contribution in [0.2, 0.25) is 0 Å².